The van der Waals surface area contributed by atoms with Crippen LogP contribution in [0.3, 0.4) is 0 Å². The van der Waals surface area contributed by atoms with Gasteiger partial charge in [0.05, 0.1) is 6.04 Å². The molecule has 0 saturated carbocycles. The van der Waals surface area contributed by atoms with Crippen LogP contribution in [0.1, 0.15) is 73.6 Å². The maximum Gasteiger partial charge on any atom is 0.326 e. The van der Waals surface area contributed by atoms with Crippen LogP contribution in [0.2, 0.25) is 0 Å². The van der Waals surface area contributed by atoms with Crippen molar-refractivity contribution in [1.29, 1.82) is 0 Å². The molecule has 8 N–H and O–H groups in total. The molecule has 34 heavy (non-hydrogen) atoms. The molecule has 5 atom stereocenters. The molecule has 11 nitrogen and oxygen atoms in total. The van der Waals surface area contributed by atoms with E-state index in [-0.39, 0.29) is 30.6 Å². The second kappa shape index (κ2) is 15.3. The third kappa shape index (κ3) is 12.0. The van der Waals surface area contributed by atoms with Crippen molar-refractivity contribution >= 4 is 29.6 Å². The van der Waals surface area contributed by atoms with Gasteiger partial charge in [0.25, 0.3) is 0 Å². The molecule has 196 valence electrons. The predicted octanol–water partition coefficient (Wildman–Crippen LogP) is 0.257. The second-order valence-corrected chi connectivity index (χ2v) is 9.70. The van der Waals surface area contributed by atoms with Crippen molar-refractivity contribution in [3.63, 3.8) is 0 Å². The number of hydrogen-bond donors (Lipinski definition) is 6. The molecule has 0 aromatic rings. The number of hydrogen-bond acceptors (Lipinski definition) is 6. The van der Waals surface area contributed by atoms with E-state index < -0.39 is 53.8 Å². The van der Waals surface area contributed by atoms with Crippen molar-refractivity contribution in [2.75, 3.05) is 0 Å². The lowest BCUT2D eigenvalue weighted by molar-refractivity contribution is -0.143. The van der Waals surface area contributed by atoms with Gasteiger partial charge in [-0.15, -0.1) is 0 Å². The molecule has 0 aliphatic heterocycles. The molecule has 5 unspecified atom stereocenters. The Labute approximate surface area is 202 Å². The zero-order chi connectivity index (χ0) is 26.6. The molecule has 0 heterocycles. The van der Waals surface area contributed by atoms with Gasteiger partial charge in [-0.3, -0.25) is 19.2 Å². The van der Waals surface area contributed by atoms with Gasteiger partial charge in [-0.25, -0.2) is 4.79 Å². The molecule has 4 amide bonds. The maximum absolute atomic E-state index is 13.1. The number of rotatable bonds is 16. The van der Waals surface area contributed by atoms with Crippen molar-refractivity contribution in [3.8, 4) is 0 Å². The third-order valence-corrected chi connectivity index (χ3v) is 5.49. The highest BCUT2D eigenvalue weighted by Crippen LogP contribution is 2.12. The molecule has 11 heteroatoms. The van der Waals surface area contributed by atoms with E-state index in [1.165, 1.54) is 0 Å². The number of primary amides is 1. The Bertz CT molecular complexity index is 712. The smallest absolute Gasteiger partial charge is 0.326 e. The van der Waals surface area contributed by atoms with E-state index in [4.69, 9.17) is 11.5 Å². The number of carboxylic acid groups (broad SMARTS) is 1. The van der Waals surface area contributed by atoms with Crippen molar-refractivity contribution in [1.82, 2.24) is 16.0 Å². The van der Waals surface area contributed by atoms with E-state index >= 15 is 0 Å². The van der Waals surface area contributed by atoms with E-state index in [0.717, 1.165) is 0 Å². The molecule has 0 aliphatic carbocycles. The Morgan fingerprint density at radius 3 is 1.76 bits per heavy atom. The Morgan fingerprint density at radius 2 is 1.32 bits per heavy atom. The first kappa shape index (κ1) is 31.3. The van der Waals surface area contributed by atoms with Gasteiger partial charge in [-0.2, -0.15) is 0 Å². The molecule has 0 rings (SSSR count). The van der Waals surface area contributed by atoms with Gasteiger partial charge in [0.2, 0.25) is 23.6 Å². The van der Waals surface area contributed by atoms with Crippen molar-refractivity contribution < 1.29 is 29.1 Å². The Hall–Kier alpha value is -2.69. The number of amides is 4. The molecular weight excluding hydrogens is 442 g/mol. The summed E-state index contributed by atoms with van der Waals surface area (Å²) in [7, 11) is 0. The van der Waals surface area contributed by atoms with Crippen molar-refractivity contribution in [3.05, 3.63) is 0 Å². The molecule has 0 bridgehead atoms. The quantitative estimate of drug-likeness (QED) is 0.180. The highest BCUT2D eigenvalue weighted by molar-refractivity contribution is 5.94. The zero-order valence-corrected chi connectivity index (χ0v) is 21.2. The van der Waals surface area contributed by atoms with E-state index in [0.29, 0.717) is 19.3 Å². The monoisotopic (exact) mass is 485 g/mol. The summed E-state index contributed by atoms with van der Waals surface area (Å²) >= 11 is 0. The van der Waals surface area contributed by atoms with Gasteiger partial charge >= 0.3 is 5.97 Å². The van der Waals surface area contributed by atoms with E-state index in [1.54, 1.807) is 6.92 Å². The fraction of sp³-hybridized carbons (Fsp3) is 0.783. The minimum Gasteiger partial charge on any atom is -0.480 e. The number of carboxylic acids is 1. The van der Waals surface area contributed by atoms with Crippen LogP contribution in [0, 0.1) is 17.8 Å². The summed E-state index contributed by atoms with van der Waals surface area (Å²) in [6.45, 7) is 11.3. The van der Waals surface area contributed by atoms with Gasteiger partial charge in [0.1, 0.15) is 18.1 Å². The van der Waals surface area contributed by atoms with Crippen LogP contribution in [-0.2, 0) is 24.0 Å². The molecule has 0 saturated heterocycles. The van der Waals surface area contributed by atoms with Crippen LogP contribution in [0.25, 0.3) is 0 Å². The fourth-order valence-corrected chi connectivity index (χ4v) is 3.36. The predicted molar refractivity (Wildman–Crippen MR) is 128 cm³/mol. The molecular formula is C23H43N5O6. The zero-order valence-electron chi connectivity index (χ0n) is 21.2. The van der Waals surface area contributed by atoms with Crippen LogP contribution in [-0.4, -0.2) is 58.9 Å². The van der Waals surface area contributed by atoms with Gasteiger partial charge in [0, 0.05) is 6.42 Å². The molecule has 0 spiro atoms. The Kier molecular flexibility index (Phi) is 14.1. The van der Waals surface area contributed by atoms with Crippen LogP contribution < -0.4 is 27.4 Å². The highest BCUT2D eigenvalue weighted by atomic mass is 16.4. The number of carbonyl (C=O) groups is 5. The topological polar surface area (TPSA) is 194 Å². The van der Waals surface area contributed by atoms with Gasteiger partial charge in [0.15, 0.2) is 0 Å². The molecule has 0 aromatic carbocycles. The van der Waals surface area contributed by atoms with Crippen LogP contribution in [0.5, 0.6) is 0 Å². The van der Waals surface area contributed by atoms with E-state index in [1.807, 2.05) is 34.6 Å². The van der Waals surface area contributed by atoms with Crippen LogP contribution in [0.4, 0.5) is 0 Å². The molecule has 0 aliphatic rings. The molecule has 0 radical (unpaired) electrons. The summed E-state index contributed by atoms with van der Waals surface area (Å²) in [5.41, 5.74) is 11.0. The maximum atomic E-state index is 13.1. The van der Waals surface area contributed by atoms with E-state index in [9.17, 15) is 29.1 Å². The van der Waals surface area contributed by atoms with Crippen molar-refractivity contribution in [2.45, 2.75) is 97.8 Å². The number of carbonyl (C=O) groups excluding carboxylic acids is 4. The number of nitrogens with one attached hydrogen (secondary N) is 3. The average molecular weight is 486 g/mol. The van der Waals surface area contributed by atoms with Gasteiger partial charge < -0.3 is 32.5 Å². The molecule has 0 fully saturated rings. The summed E-state index contributed by atoms with van der Waals surface area (Å²) in [6, 6.07) is -4.04. The normalized spacial score (nSPS) is 15.7. The Balaban J connectivity index is 5.55. The summed E-state index contributed by atoms with van der Waals surface area (Å²) in [4.78, 5) is 61.1. The summed E-state index contributed by atoms with van der Waals surface area (Å²) < 4.78 is 0. The lowest BCUT2D eigenvalue weighted by Crippen LogP contribution is -2.59. The summed E-state index contributed by atoms with van der Waals surface area (Å²) in [5.74, 6) is -3.74. The number of aliphatic carboxylic acids is 1. The minimum atomic E-state index is -1.33. The first-order chi connectivity index (χ1) is 15.7. The lowest BCUT2D eigenvalue weighted by atomic mass is 9.96. The van der Waals surface area contributed by atoms with Gasteiger partial charge in [-0.1, -0.05) is 48.0 Å². The minimum absolute atomic E-state index is 0.0680. The number of nitrogens with two attached hydrogens (primary N) is 2. The Morgan fingerprint density at radius 1 is 0.794 bits per heavy atom. The van der Waals surface area contributed by atoms with Crippen LogP contribution >= 0.6 is 0 Å². The first-order valence-corrected chi connectivity index (χ1v) is 11.9. The highest BCUT2D eigenvalue weighted by Gasteiger charge is 2.33. The van der Waals surface area contributed by atoms with Crippen molar-refractivity contribution in [2.24, 2.45) is 29.2 Å². The molecule has 0 aromatic heterocycles. The summed E-state index contributed by atoms with van der Waals surface area (Å²) in [6.07, 6.45) is 0.935. The summed E-state index contributed by atoms with van der Waals surface area (Å²) in [5, 5.41) is 17.1. The average Bonchev–Trinajstić information content (AvgIpc) is 2.72. The third-order valence-electron chi connectivity index (χ3n) is 5.49. The largest absolute Gasteiger partial charge is 0.480 e. The fourth-order valence-electron chi connectivity index (χ4n) is 3.36. The second-order valence-electron chi connectivity index (χ2n) is 9.70. The van der Waals surface area contributed by atoms with E-state index in [2.05, 4.69) is 16.0 Å². The van der Waals surface area contributed by atoms with Gasteiger partial charge in [-0.05, 0) is 37.0 Å². The lowest BCUT2D eigenvalue weighted by Gasteiger charge is -2.28. The standard InChI is InChI=1S/C23H43N5O6/c1-7-14(6)19(22(32)26-16(23(33)34)8-9-18(25)29)28-21(31)17(11-13(4)5)27-20(30)15(24)10-12(2)3/h12-17,19H,7-11,24H2,1-6H3,(H2,25,29)(H,26,32)(H,27,30)(H,28,31)(H,33,34). The first-order valence-electron chi connectivity index (χ1n) is 11.9. The van der Waals surface area contributed by atoms with Crippen LogP contribution in [0.15, 0.2) is 0 Å². The SMILES string of the molecule is CCC(C)C(NC(=O)C(CC(C)C)NC(=O)C(N)CC(C)C)C(=O)NC(CCC(N)=O)C(=O)O.